The van der Waals surface area contributed by atoms with Crippen molar-refractivity contribution >= 4 is 5.91 Å². The Kier molecular flexibility index (Phi) is 5.39. The normalized spacial score (nSPS) is 19.4. The summed E-state index contributed by atoms with van der Waals surface area (Å²) >= 11 is 0. The fourth-order valence-corrected chi connectivity index (χ4v) is 3.84. The van der Waals surface area contributed by atoms with E-state index in [4.69, 9.17) is 9.26 Å². The van der Waals surface area contributed by atoms with Crippen LogP contribution in [-0.4, -0.2) is 62.5 Å². The number of carbonyl (C=O) groups is 1. The molecular weight excluding hydrogens is 372 g/mol. The quantitative estimate of drug-likeness (QED) is 0.629. The van der Waals surface area contributed by atoms with Crippen molar-refractivity contribution in [3.63, 3.8) is 0 Å². The molecule has 1 aliphatic heterocycles. The molecule has 1 amide bonds. The standard InChI is InChI=1S/C20H24N6O3/c1-25-12-6-16(23-25)18(27)26-11-3-7-20(14-26,8-13-28-2)19-22-17(29-24-19)15-4-9-21-10-5-15/h4-6,9-10,12H,3,7-8,11,13-14H2,1-2H3. The fourth-order valence-electron chi connectivity index (χ4n) is 3.84. The average molecular weight is 396 g/mol. The van der Waals surface area contributed by atoms with E-state index >= 15 is 0 Å². The summed E-state index contributed by atoms with van der Waals surface area (Å²) in [6.07, 6.45) is 7.56. The van der Waals surface area contributed by atoms with Gasteiger partial charge in [0.05, 0.1) is 5.41 Å². The number of aromatic nitrogens is 5. The van der Waals surface area contributed by atoms with E-state index in [0.717, 1.165) is 18.4 Å². The van der Waals surface area contributed by atoms with Crippen LogP contribution in [0.5, 0.6) is 0 Å². The van der Waals surface area contributed by atoms with E-state index in [1.165, 1.54) is 0 Å². The Morgan fingerprint density at radius 1 is 1.31 bits per heavy atom. The van der Waals surface area contributed by atoms with Crippen LogP contribution in [0.2, 0.25) is 0 Å². The van der Waals surface area contributed by atoms with Gasteiger partial charge in [0.25, 0.3) is 11.8 Å². The van der Waals surface area contributed by atoms with Gasteiger partial charge in [-0.15, -0.1) is 0 Å². The van der Waals surface area contributed by atoms with Crippen LogP contribution in [0.1, 0.15) is 35.6 Å². The Morgan fingerprint density at radius 3 is 2.86 bits per heavy atom. The number of hydrogen-bond donors (Lipinski definition) is 0. The van der Waals surface area contributed by atoms with Gasteiger partial charge in [0.2, 0.25) is 0 Å². The zero-order valence-corrected chi connectivity index (χ0v) is 16.6. The second-order valence-corrected chi connectivity index (χ2v) is 7.39. The third-order valence-electron chi connectivity index (χ3n) is 5.41. The van der Waals surface area contributed by atoms with Gasteiger partial charge in [-0.05, 0) is 37.5 Å². The first-order chi connectivity index (χ1) is 14.1. The van der Waals surface area contributed by atoms with Crippen LogP contribution in [0.15, 0.2) is 41.3 Å². The molecule has 1 unspecified atom stereocenters. The highest BCUT2D eigenvalue weighted by Gasteiger charge is 2.42. The van der Waals surface area contributed by atoms with Crippen molar-refractivity contribution in [1.82, 2.24) is 29.8 Å². The third-order valence-corrected chi connectivity index (χ3v) is 5.41. The van der Waals surface area contributed by atoms with Crippen LogP contribution < -0.4 is 0 Å². The van der Waals surface area contributed by atoms with Crippen molar-refractivity contribution in [3.05, 3.63) is 48.3 Å². The molecule has 0 saturated carbocycles. The summed E-state index contributed by atoms with van der Waals surface area (Å²) in [4.78, 5) is 23.5. The van der Waals surface area contributed by atoms with Gasteiger partial charge < -0.3 is 14.2 Å². The Morgan fingerprint density at radius 2 is 2.14 bits per heavy atom. The smallest absolute Gasteiger partial charge is 0.274 e. The summed E-state index contributed by atoms with van der Waals surface area (Å²) in [5.74, 6) is 0.984. The summed E-state index contributed by atoms with van der Waals surface area (Å²) < 4.78 is 12.5. The summed E-state index contributed by atoms with van der Waals surface area (Å²) in [6, 6.07) is 5.40. The largest absolute Gasteiger partial charge is 0.385 e. The number of piperidine rings is 1. The maximum absolute atomic E-state index is 13.0. The second-order valence-electron chi connectivity index (χ2n) is 7.39. The molecule has 0 aliphatic carbocycles. The molecule has 1 saturated heterocycles. The van der Waals surface area contributed by atoms with Crippen LogP contribution >= 0.6 is 0 Å². The maximum Gasteiger partial charge on any atom is 0.274 e. The Bertz CT molecular complexity index is 970. The minimum Gasteiger partial charge on any atom is -0.385 e. The van der Waals surface area contributed by atoms with Crippen molar-refractivity contribution < 1.29 is 14.1 Å². The molecule has 3 aromatic rings. The number of nitrogens with zero attached hydrogens (tertiary/aromatic N) is 6. The molecule has 3 aromatic heterocycles. The monoisotopic (exact) mass is 396 g/mol. The summed E-state index contributed by atoms with van der Waals surface area (Å²) in [5, 5.41) is 8.55. The number of hydrogen-bond acceptors (Lipinski definition) is 7. The molecule has 0 N–H and O–H groups in total. The van der Waals surface area contributed by atoms with Crippen LogP contribution in [0.4, 0.5) is 0 Å². The minimum atomic E-state index is -0.423. The first kappa shape index (κ1) is 19.3. The van der Waals surface area contributed by atoms with Crippen molar-refractivity contribution in [2.75, 3.05) is 26.8 Å². The molecule has 0 spiro atoms. The lowest BCUT2D eigenvalue weighted by Crippen LogP contribution is -2.49. The first-order valence-electron chi connectivity index (χ1n) is 9.64. The molecule has 4 rings (SSSR count). The minimum absolute atomic E-state index is 0.0788. The lowest BCUT2D eigenvalue weighted by atomic mass is 9.76. The molecule has 29 heavy (non-hydrogen) atoms. The van der Waals surface area contributed by atoms with Gasteiger partial charge in [-0.2, -0.15) is 10.1 Å². The van der Waals surface area contributed by atoms with E-state index in [2.05, 4.69) is 20.2 Å². The average Bonchev–Trinajstić information content (AvgIpc) is 3.42. The zero-order valence-electron chi connectivity index (χ0n) is 16.6. The van der Waals surface area contributed by atoms with Crippen molar-refractivity contribution in [2.45, 2.75) is 24.7 Å². The van der Waals surface area contributed by atoms with Crippen LogP contribution in [-0.2, 0) is 17.2 Å². The SMILES string of the molecule is COCCC1(c2noc(-c3ccncc3)n2)CCCN(C(=O)c2ccn(C)n2)C1. The van der Waals surface area contributed by atoms with Crippen LogP contribution in [0.3, 0.4) is 0 Å². The fraction of sp³-hybridized carbons (Fsp3) is 0.450. The van der Waals surface area contributed by atoms with E-state index < -0.39 is 5.41 Å². The third kappa shape index (κ3) is 3.91. The zero-order chi connectivity index (χ0) is 20.3. The van der Waals surface area contributed by atoms with E-state index in [0.29, 0.717) is 43.5 Å². The van der Waals surface area contributed by atoms with Gasteiger partial charge in [0.1, 0.15) is 5.69 Å². The molecule has 1 fully saturated rings. The summed E-state index contributed by atoms with van der Waals surface area (Å²) in [6.45, 7) is 1.73. The molecule has 152 valence electrons. The highest BCUT2D eigenvalue weighted by atomic mass is 16.5. The van der Waals surface area contributed by atoms with Gasteiger partial charge >= 0.3 is 0 Å². The molecule has 0 aromatic carbocycles. The van der Waals surface area contributed by atoms with E-state index in [1.807, 2.05) is 17.0 Å². The van der Waals surface area contributed by atoms with Crippen molar-refractivity contribution in [1.29, 1.82) is 0 Å². The molecule has 0 radical (unpaired) electrons. The molecule has 4 heterocycles. The molecular formula is C20H24N6O3. The first-order valence-corrected chi connectivity index (χ1v) is 9.64. The predicted molar refractivity (Wildman–Crippen MR) is 104 cm³/mol. The van der Waals surface area contributed by atoms with Gasteiger partial charge in [-0.25, -0.2) is 0 Å². The Hall–Kier alpha value is -3.07. The van der Waals surface area contributed by atoms with E-state index in [1.54, 1.807) is 43.5 Å². The highest BCUT2D eigenvalue weighted by Crippen LogP contribution is 2.37. The number of amides is 1. The summed E-state index contributed by atoms with van der Waals surface area (Å²) in [7, 11) is 3.47. The highest BCUT2D eigenvalue weighted by molar-refractivity contribution is 5.92. The van der Waals surface area contributed by atoms with Gasteiger partial charge in [-0.1, -0.05) is 5.16 Å². The van der Waals surface area contributed by atoms with Crippen molar-refractivity contribution in [2.24, 2.45) is 7.05 Å². The van der Waals surface area contributed by atoms with Gasteiger partial charge in [0.15, 0.2) is 5.82 Å². The van der Waals surface area contributed by atoms with Crippen LogP contribution in [0, 0.1) is 0 Å². The molecule has 1 aliphatic rings. The predicted octanol–water partition coefficient (Wildman–Crippen LogP) is 2.08. The number of rotatable bonds is 6. The lowest BCUT2D eigenvalue weighted by molar-refractivity contribution is 0.0561. The van der Waals surface area contributed by atoms with Gasteiger partial charge in [0, 0.05) is 58.0 Å². The van der Waals surface area contributed by atoms with E-state index in [-0.39, 0.29) is 5.91 Å². The van der Waals surface area contributed by atoms with E-state index in [9.17, 15) is 4.79 Å². The van der Waals surface area contributed by atoms with Crippen LogP contribution in [0.25, 0.3) is 11.5 Å². The summed E-state index contributed by atoms with van der Waals surface area (Å²) in [5.41, 5.74) is 0.839. The maximum atomic E-state index is 13.0. The number of carbonyl (C=O) groups excluding carboxylic acids is 1. The number of likely N-dealkylation sites (tertiary alicyclic amines) is 1. The number of aryl methyl sites for hydroxylation is 1. The molecule has 0 bridgehead atoms. The Balaban J connectivity index is 1.62. The topological polar surface area (TPSA) is 99.2 Å². The Labute approximate surface area is 168 Å². The molecule has 9 nitrogen and oxygen atoms in total. The molecule has 9 heteroatoms. The second kappa shape index (κ2) is 8.12. The molecule has 1 atom stereocenters. The number of pyridine rings is 1. The lowest BCUT2D eigenvalue weighted by Gasteiger charge is -2.40. The number of ether oxygens (including phenoxy) is 1. The van der Waals surface area contributed by atoms with Crippen molar-refractivity contribution in [3.8, 4) is 11.5 Å². The van der Waals surface area contributed by atoms with Gasteiger partial charge in [-0.3, -0.25) is 14.5 Å². The number of methoxy groups -OCH3 is 1.